The van der Waals surface area contributed by atoms with Gasteiger partial charge in [0.15, 0.2) is 6.10 Å². The van der Waals surface area contributed by atoms with Crippen molar-refractivity contribution in [1.29, 1.82) is 0 Å². The van der Waals surface area contributed by atoms with Crippen LogP contribution in [0.5, 0.6) is 0 Å². The lowest BCUT2D eigenvalue weighted by Crippen LogP contribution is -2.31. The molecule has 0 rings (SSSR count). The largest absolute Gasteiger partial charge is 0.462 e. The van der Waals surface area contributed by atoms with Gasteiger partial charge in [0.2, 0.25) is 0 Å². The highest BCUT2D eigenvalue weighted by Gasteiger charge is 2.19. The number of hydrogen-bond donors (Lipinski definition) is 0. The molecule has 0 aliphatic carbocycles. The number of unbranched alkanes of at least 4 members (excludes halogenated alkanes) is 16. The second-order valence-corrected chi connectivity index (χ2v) is 11.5. The SMILES string of the molecule is CCCCCCCCCCCC(=O)OCC(COC(=O)CCCN(C)C)OC(=O)CCCCCCCCCCC. The van der Waals surface area contributed by atoms with Crippen LogP contribution in [0.15, 0.2) is 0 Å². The Morgan fingerprint density at radius 1 is 0.500 bits per heavy atom. The van der Waals surface area contributed by atoms with Crippen LogP contribution in [0.4, 0.5) is 0 Å². The van der Waals surface area contributed by atoms with E-state index in [1.54, 1.807) is 0 Å². The van der Waals surface area contributed by atoms with Gasteiger partial charge in [0.1, 0.15) is 13.2 Å². The Bertz CT molecular complexity index is 610. The molecule has 1 unspecified atom stereocenters. The zero-order valence-electron chi connectivity index (χ0n) is 26.7. The predicted octanol–water partition coefficient (Wildman–Crippen LogP) is 8.17. The number of esters is 3. The van der Waals surface area contributed by atoms with Gasteiger partial charge in [-0.2, -0.15) is 0 Å². The van der Waals surface area contributed by atoms with Crippen LogP contribution in [0.2, 0.25) is 0 Å². The van der Waals surface area contributed by atoms with E-state index >= 15 is 0 Å². The number of nitrogens with zero attached hydrogens (tertiary/aromatic N) is 1. The summed E-state index contributed by atoms with van der Waals surface area (Å²) in [7, 11) is 3.91. The Morgan fingerprint density at radius 2 is 0.850 bits per heavy atom. The maximum absolute atomic E-state index is 12.4. The summed E-state index contributed by atoms with van der Waals surface area (Å²) in [6, 6.07) is 0. The van der Waals surface area contributed by atoms with Crippen molar-refractivity contribution >= 4 is 17.9 Å². The van der Waals surface area contributed by atoms with Gasteiger partial charge in [-0.05, 0) is 39.9 Å². The summed E-state index contributed by atoms with van der Waals surface area (Å²) in [5, 5.41) is 0. The maximum atomic E-state index is 12.4. The maximum Gasteiger partial charge on any atom is 0.306 e. The minimum absolute atomic E-state index is 0.0786. The van der Waals surface area contributed by atoms with Crippen LogP contribution < -0.4 is 0 Å². The standard InChI is InChI=1S/C33H63NO6/c1-5-7-9-11-13-15-17-19-21-24-31(35)38-28-30(29-39-32(36)26-23-27-34(3)4)40-33(37)25-22-20-18-16-14-12-10-8-6-2/h30H,5-29H2,1-4H3. The average Bonchev–Trinajstić information content (AvgIpc) is 2.92. The molecule has 0 aliphatic rings. The van der Waals surface area contributed by atoms with E-state index in [-0.39, 0.29) is 31.1 Å². The number of rotatable bonds is 29. The highest BCUT2D eigenvalue weighted by molar-refractivity contribution is 5.71. The van der Waals surface area contributed by atoms with E-state index in [2.05, 4.69) is 13.8 Å². The second-order valence-electron chi connectivity index (χ2n) is 11.5. The molecule has 0 saturated carbocycles. The summed E-state index contributed by atoms with van der Waals surface area (Å²) in [5.41, 5.74) is 0. The van der Waals surface area contributed by atoms with Crippen LogP contribution >= 0.6 is 0 Å². The molecule has 0 aromatic rings. The Balaban J connectivity index is 4.31. The lowest BCUT2D eigenvalue weighted by atomic mass is 10.1. The fourth-order valence-electron chi connectivity index (χ4n) is 4.58. The molecule has 0 aliphatic heterocycles. The van der Waals surface area contributed by atoms with Crippen LogP contribution in [0.25, 0.3) is 0 Å². The van der Waals surface area contributed by atoms with Crippen molar-refractivity contribution in [2.75, 3.05) is 33.9 Å². The van der Waals surface area contributed by atoms with Crippen molar-refractivity contribution in [3.63, 3.8) is 0 Å². The molecule has 0 fully saturated rings. The summed E-state index contributed by atoms with van der Waals surface area (Å²) in [6.45, 7) is 5.08. The number of ether oxygens (including phenoxy) is 3. The second kappa shape index (κ2) is 28.9. The number of carbonyl (C=O) groups excluding carboxylic acids is 3. The summed E-state index contributed by atoms with van der Waals surface area (Å²) in [6.07, 6.45) is 22.1. The lowest BCUT2D eigenvalue weighted by molar-refractivity contribution is -0.167. The van der Waals surface area contributed by atoms with Gasteiger partial charge < -0.3 is 19.1 Å². The lowest BCUT2D eigenvalue weighted by Gasteiger charge is -2.18. The first-order valence-corrected chi connectivity index (χ1v) is 16.5. The van der Waals surface area contributed by atoms with Gasteiger partial charge in [0, 0.05) is 19.3 Å². The third-order valence-electron chi connectivity index (χ3n) is 7.11. The molecule has 0 bridgehead atoms. The van der Waals surface area contributed by atoms with Crippen molar-refractivity contribution in [2.24, 2.45) is 0 Å². The molecular weight excluding hydrogens is 506 g/mol. The normalized spacial score (nSPS) is 11.9. The molecule has 0 radical (unpaired) electrons. The fourth-order valence-corrected chi connectivity index (χ4v) is 4.58. The molecule has 1 atom stereocenters. The van der Waals surface area contributed by atoms with Gasteiger partial charge in [-0.1, -0.05) is 117 Å². The third-order valence-corrected chi connectivity index (χ3v) is 7.11. The molecule has 7 heteroatoms. The van der Waals surface area contributed by atoms with Gasteiger partial charge in [0.05, 0.1) is 0 Å². The zero-order valence-corrected chi connectivity index (χ0v) is 26.7. The van der Waals surface area contributed by atoms with Crippen LogP contribution in [0.3, 0.4) is 0 Å². The Kier molecular flexibility index (Phi) is 27.7. The number of hydrogen-bond acceptors (Lipinski definition) is 7. The van der Waals surface area contributed by atoms with Crippen LogP contribution in [0.1, 0.15) is 155 Å². The van der Waals surface area contributed by atoms with Crippen LogP contribution in [-0.2, 0) is 28.6 Å². The first-order chi connectivity index (χ1) is 19.4. The van der Waals surface area contributed by atoms with E-state index in [0.29, 0.717) is 25.7 Å². The summed E-state index contributed by atoms with van der Waals surface area (Å²) < 4.78 is 16.3. The first-order valence-electron chi connectivity index (χ1n) is 16.5. The summed E-state index contributed by atoms with van der Waals surface area (Å²) >= 11 is 0. The van der Waals surface area contributed by atoms with Crippen molar-refractivity contribution in [2.45, 2.75) is 161 Å². The van der Waals surface area contributed by atoms with Gasteiger partial charge in [-0.3, -0.25) is 14.4 Å². The average molecular weight is 570 g/mol. The van der Waals surface area contributed by atoms with E-state index in [1.165, 1.54) is 77.0 Å². The smallest absolute Gasteiger partial charge is 0.306 e. The Labute approximate surface area is 246 Å². The van der Waals surface area contributed by atoms with Crippen molar-refractivity contribution in [3.05, 3.63) is 0 Å². The van der Waals surface area contributed by atoms with Gasteiger partial charge >= 0.3 is 17.9 Å². The van der Waals surface area contributed by atoms with Crippen LogP contribution in [-0.4, -0.2) is 62.8 Å². The van der Waals surface area contributed by atoms with Crippen molar-refractivity contribution < 1.29 is 28.6 Å². The first kappa shape index (κ1) is 38.4. The van der Waals surface area contributed by atoms with Crippen molar-refractivity contribution in [1.82, 2.24) is 4.90 Å². The summed E-state index contributed by atoms with van der Waals surface area (Å²) in [4.78, 5) is 38.8. The van der Waals surface area contributed by atoms with E-state index in [9.17, 15) is 14.4 Å². The molecule has 0 aromatic carbocycles. The Morgan fingerprint density at radius 3 is 1.25 bits per heavy atom. The molecule has 0 spiro atoms. The molecule has 0 saturated heterocycles. The highest BCUT2D eigenvalue weighted by Crippen LogP contribution is 2.13. The minimum atomic E-state index is -0.768. The topological polar surface area (TPSA) is 82.1 Å². The number of carbonyl (C=O) groups is 3. The molecule has 236 valence electrons. The van der Waals surface area contributed by atoms with Gasteiger partial charge in [-0.15, -0.1) is 0 Å². The third kappa shape index (κ3) is 27.9. The van der Waals surface area contributed by atoms with Crippen molar-refractivity contribution in [3.8, 4) is 0 Å². The minimum Gasteiger partial charge on any atom is -0.462 e. The quantitative estimate of drug-likeness (QED) is 0.0510. The highest BCUT2D eigenvalue weighted by atomic mass is 16.6. The molecule has 0 amide bonds. The fraction of sp³-hybridized carbons (Fsp3) is 0.909. The monoisotopic (exact) mass is 569 g/mol. The van der Waals surface area contributed by atoms with E-state index in [4.69, 9.17) is 14.2 Å². The van der Waals surface area contributed by atoms with E-state index < -0.39 is 6.10 Å². The zero-order chi connectivity index (χ0) is 29.7. The molecule has 40 heavy (non-hydrogen) atoms. The molecule has 0 heterocycles. The van der Waals surface area contributed by atoms with Crippen LogP contribution in [0, 0.1) is 0 Å². The molecular formula is C33H63NO6. The van der Waals surface area contributed by atoms with Gasteiger partial charge in [-0.25, -0.2) is 0 Å². The molecule has 0 N–H and O–H groups in total. The van der Waals surface area contributed by atoms with E-state index in [1.807, 2.05) is 19.0 Å². The predicted molar refractivity (Wildman–Crippen MR) is 163 cm³/mol. The molecule has 0 aromatic heterocycles. The van der Waals surface area contributed by atoms with E-state index in [0.717, 1.165) is 45.1 Å². The van der Waals surface area contributed by atoms with Gasteiger partial charge in [0.25, 0.3) is 0 Å². The molecule has 7 nitrogen and oxygen atoms in total. The summed E-state index contributed by atoms with van der Waals surface area (Å²) in [5.74, 6) is -0.949. The Hall–Kier alpha value is -1.63.